The van der Waals surface area contributed by atoms with Crippen LogP contribution >= 0.6 is 0 Å². The highest BCUT2D eigenvalue weighted by Crippen LogP contribution is 2.38. The van der Waals surface area contributed by atoms with Crippen molar-refractivity contribution in [1.82, 2.24) is 0 Å². The molecule has 10 atom stereocenters. The van der Waals surface area contributed by atoms with Crippen LogP contribution in [0.2, 0.25) is 0 Å². The molecule has 2 aliphatic heterocycles. The minimum Gasteiger partial charge on any atom is -0.497 e. The first-order valence-corrected chi connectivity index (χ1v) is 17.1. The van der Waals surface area contributed by atoms with Gasteiger partial charge in [-0.15, -0.1) is 0 Å². The summed E-state index contributed by atoms with van der Waals surface area (Å²) in [6.45, 7) is 7.27. The molecule has 51 heavy (non-hydrogen) atoms. The molecule has 2 saturated heterocycles. The maximum absolute atomic E-state index is 13.7. The van der Waals surface area contributed by atoms with E-state index in [9.17, 15) is 15.1 Å². The molecule has 13 heteroatoms. The van der Waals surface area contributed by atoms with Gasteiger partial charge in [-0.2, -0.15) is 0 Å². The van der Waals surface area contributed by atoms with Crippen LogP contribution in [0.15, 0.2) is 90.0 Å². The number of esters is 2. The van der Waals surface area contributed by atoms with Gasteiger partial charge in [0.25, 0.3) is 0 Å². The topological polar surface area (TPSA) is 157 Å². The van der Waals surface area contributed by atoms with Gasteiger partial charge in [0.1, 0.15) is 30.3 Å². The summed E-state index contributed by atoms with van der Waals surface area (Å²) >= 11 is 0. The second-order valence-corrected chi connectivity index (χ2v) is 12.6. The summed E-state index contributed by atoms with van der Waals surface area (Å²) in [7, 11) is 1.57. The lowest BCUT2D eigenvalue weighted by molar-refractivity contribution is -0.332. The van der Waals surface area contributed by atoms with E-state index in [-0.39, 0.29) is 25.0 Å². The number of ether oxygens (including phenoxy) is 8. The molecule has 3 aromatic rings. The van der Waals surface area contributed by atoms with Crippen LogP contribution in [-0.2, 0) is 39.8 Å². The molecule has 0 N–H and O–H groups in total. The number of benzene rings is 3. The van der Waals surface area contributed by atoms with Crippen molar-refractivity contribution in [2.24, 2.45) is 17.0 Å². The Morgan fingerprint density at radius 2 is 1.47 bits per heavy atom. The normalized spacial score (nSPS) is 28.9. The fourth-order valence-electron chi connectivity index (χ4n) is 6.25. The molecule has 0 amide bonds. The van der Waals surface area contributed by atoms with Crippen LogP contribution in [0.25, 0.3) is 10.4 Å². The maximum Gasteiger partial charge on any atom is 0.338 e. The molecule has 0 bridgehead atoms. The number of carbonyl (C=O) groups is 2. The predicted molar refractivity (Wildman–Crippen MR) is 185 cm³/mol. The molecule has 2 fully saturated rings. The quantitative estimate of drug-likeness (QED) is 0.0771. The lowest BCUT2D eigenvalue weighted by atomic mass is 9.82. The van der Waals surface area contributed by atoms with E-state index in [1.165, 1.54) is 6.92 Å². The van der Waals surface area contributed by atoms with Gasteiger partial charge >= 0.3 is 11.9 Å². The number of methoxy groups -OCH3 is 1. The Labute approximate surface area is 297 Å². The number of carbonyl (C=O) groups excluding carboxylic acids is 2. The van der Waals surface area contributed by atoms with E-state index in [1.54, 1.807) is 61.7 Å². The second kappa shape index (κ2) is 18.0. The Hall–Kier alpha value is -4.65. The molecule has 2 heterocycles. The van der Waals surface area contributed by atoms with Gasteiger partial charge in [0.05, 0.1) is 37.5 Å². The van der Waals surface area contributed by atoms with Crippen molar-refractivity contribution in [1.29, 1.82) is 0 Å². The average Bonchev–Trinajstić information content (AvgIpc) is 3.15. The van der Waals surface area contributed by atoms with Gasteiger partial charge < -0.3 is 37.9 Å². The molecule has 0 spiro atoms. The minimum atomic E-state index is -1.15. The van der Waals surface area contributed by atoms with Gasteiger partial charge in [-0.1, -0.05) is 74.4 Å². The Morgan fingerprint density at radius 1 is 0.824 bits per heavy atom. The van der Waals surface area contributed by atoms with E-state index in [1.807, 2.05) is 51.1 Å². The van der Waals surface area contributed by atoms with Crippen molar-refractivity contribution in [3.8, 4) is 11.5 Å². The summed E-state index contributed by atoms with van der Waals surface area (Å²) < 4.78 is 49.6. The zero-order valence-corrected chi connectivity index (χ0v) is 29.4. The molecule has 0 saturated carbocycles. The van der Waals surface area contributed by atoms with Gasteiger partial charge in [0.2, 0.25) is 6.29 Å². The first kappa shape index (κ1) is 37.6. The Kier molecular flexibility index (Phi) is 13.3. The zero-order valence-electron chi connectivity index (χ0n) is 29.4. The van der Waals surface area contributed by atoms with Crippen LogP contribution < -0.4 is 9.47 Å². The fraction of sp³-hybridized carbons (Fsp3) is 0.474. The number of hydrogen-bond donors (Lipinski definition) is 0. The molecule has 0 radical (unpaired) electrons. The summed E-state index contributed by atoms with van der Waals surface area (Å²) in [5.74, 6) is -0.324. The van der Waals surface area contributed by atoms with E-state index in [2.05, 4.69) is 10.0 Å². The van der Waals surface area contributed by atoms with Gasteiger partial charge in [-0.3, -0.25) is 4.79 Å². The summed E-state index contributed by atoms with van der Waals surface area (Å²) in [5, 5.41) is 4.07. The number of azide groups is 1. The summed E-state index contributed by atoms with van der Waals surface area (Å²) in [6.07, 6.45) is -5.97. The largest absolute Gasteiger partial charge is 0.497 e. The molecule has 3 aromatic carbocycles. The Bertz CT molecular complexity index is 1610. The fourth-order valence-corrected chi connectivity index (χ4v) is 6.25. The van der Waals surface area contributed by atoms with Crippen LogP contribution in [-0.4, -0.2) is 74.8 Å². The highest BCUT2D eigenvalue weighted by atomic mass is 16.7. The SMILES string of the molecule is CCC1O[C@@H](Oc2ccc(OC)cc2)[C@@H](OC(=O)c2ccccc2)C(OCc2ccccc2)[C@@H]1O[C@H]1OC(COC(C)=O)[C@@H](C)[C@H](C)C1N=[N+]=[N-]. The highest BCUT2D eigenvalue weighted by molar-refractivity contribution is 5.89. The first-order valence-electron chi connectivity index (χ1n) is 17.1. The van der Waals surface area contributed by atoms with Crippen LogP contribution in [0.5, 0.6) is 11.5 Å². The third-order valence-corrected chi connectivity index (χ3v) is 9.31. The van der Waals surface area contributed by atoms with Crippen molar-refractivity contribution in [3.63, 3.8) is 0 Å². The number of hydrogen-bond acceptors (Lipinski definition) is 11. The molecule has 0 aromatic heterocycles. The van der Waals surface area contributed by atoms with Gasteiger partial charge in [0.15, 0.2) is 12.4 Å². The minimum absolute atomic E-state index is 0.00884. The summed E-state index contributed by atoms with van der Waals surface area (Å²) in [6, 6.07) is 24.4. The molecule has 13 nitrogen and oxygen atoms in total. The molecule has 0 aliphatic carbocycles. The predicted octanol–water partition coefficient (Wildman–Crippen LogP) is 6.64. The molecular formula is C38H45N3O10. The summed E-state index contributed by atoms with van der Waals surface area (Å²) in [5.41, 5.74) is 10.8. The van der Waals surface area contributed by atoms with Crippen molar-refractivity contribution in [2.75, 3.05) is 13.7 Å². The smallest absolute Gasteiger partial charge is 0.338 e. The van der Waals surface area contributed by atoms with Crippen molar-refractivity contribution in [3.05, 3.63) is 106 Å². The van der Waals surface area contributed by atoms with Crippen molar-refractivity contribution >= 4 is 11.9 Å². The van der Waals surface area contributed by atoms with Crippen LogP contribution in [0, 0.1) is 11.8 Å². The van der Waals surface area contributed by atoms with Gasteiger partial charge in [0, 0.05) is 11.8 Å². The van der Waals surface area contributed by atoms with Crippen molar-refractivity contribution in [2.45, 2.75) is 89.9 Å². The number of rotatable bonds is 14. The number of nitrogens with zero attached hydrogens (tertiary/aromatic N) is 3. The monoisotopic (exact) mass is 703 g/mol. The lowest BCUT2D eigenvalue weighted by Crippen LogP contribution is -2.64. The average molecular weight is 704 g/mol. The Morgan fingerprint density at radius 3 is 2.10 bits per heavy atom. The third-order valence-electron chi connectivity index (χ3n) is 9.31. The molecule has 2 aliphatic rings. The Balaban J connectivity index is 1.53. The van der Waals surface area contributed by atoms with Crippen LogP contribution in [0.4, 0.5) is 0 Å². The first-order chi connectivity index (χ1) is 24.7. The zero-order chi connectivity index (χ0) is 36.3. The third kappa shape index (κ3) is 9.57. The van der Waals surface area contributed by atoms with Crippen LogP contribution in [0.3, 0.4) is 0 Å². The van der Waals surface area contributed by atoms with Gasteiger partial charge in [-0.05, 0) is 65.7 Å². The maximum atomic E-state index is 13.7. The van der Waals surface area contributed by atoms with Crippen molar-refractivity contribution < 1.29 is 47.5 Å². The van der Waals surface area contributed by atoms with E-state index >= 15 is 0 Å². The van der Waals surface area contributed by atoms with E-state index < -0.39 is 61.1 Å². The molecule has 272 valence electrons. The van der Waals surface area contributed by atoms with Crippen LogP contribution in [0.1, 0.15) is 50.0 Å². The highest BCUT2D eigenvalue weighted by Gasteiger charge is 2.53. The van der Waals surface area contributed by atoms with E-state index in [4.69, 9.17) is 37.9 Å². The van der Waals surface area contributed by atoms with E-state index in [0.717, 1.165) is 5.56 Å². The van der Waals surface area contributed by atoms with Gasteiger partial charge in [-0.25, -0.2) is 4.79 Å². The summed E-state index contributed by atoms with van der Waals surface area (Å²) in [4.78, 5) is 28.5. The molecule has 4 unspecified atom stereocenters. The van der Waals surface area contributed by atoms with E-state index in [0.29, 0.717) is 23.5 Å². The second-order valence-electron chi connectivity index (χ2n) is 12.6. The lowest BCUT2D eigenvalue weighted by Gasteiger charge is -2.49. The molecule has 5 rings (SSSR count). The standard InChI is InChI=1S/C38H45N3O10/c1-6-30-33(51-37-32(40-41-39)24(3)23(2)31(49-37)22-45-25(4)42)34(46-21-26-13-9-7-10-14-26)35(50-36(43)27-15-11-8-12-16-27)38(48-30)47-29-19-17-28(44-5)18-20-29/h7-20,23-24,30-35,37-38H,6,21-22H2,1-5H3/t23-,24-,30?,31?,32?,33+,34?,35-,37+,38+/m0/s1. The molecular weight excluding hydrogens is 658 g/mol.